The Morgan fingerprint density at radius 3 is 2.72 bits per heavy atom. The van der Waals surface area contributed by atoms with E-state index in [-0.39, 0.29) is 0 Å². The highest BCUT2D eigenvalue weighted by molar-refractivity contribution is 6.30. The molecule has 0 fully saturated rings. The molecule has 25 heavy (non-hydrogen) atoms. The molecule has 0 saturated heterocycles. The van der Waals surface area contributed by atoms with Crippen molar-refractivity contribution in [2.24, 2.45) is 0 Å². The van der Waals surface area contributed by atoms with E-state index < -0.39 is 0 Å². The summed E-state index contributed by atoms with van der Waals surface area (Å²) in [5.74, 6) is 1.07. The molecule has 1 N–H and O–H groups in total. The highest BCUT2D eigenvalue weighted by Crippen LogP contribution is 2.37. The Morgan fingerprint density at radius 1 is 0.960 bits per heavy atom. The number of fused-ring (bicyclic) bond motifs is 2. The van der Waals surface area contributed by atoms with E-state index >= 15 is 0 Å². The van der Waals surface area contributed by atoms with Crippen molar-refractivity contribution < 1.29 is 0 Å². The first-order valence-corrected chi connectivity index (χ1v) is 8.79. The van der Waals surface area contributed by atoms with E-state index in [1.807, 2.05) is 28.9 Å². The van der Waals surface area contributed by atoms with Crippen molar-refractivity contribution in [3.8, 4) is 16.9 Å². The Morgan fingerprint density at radius 2 is 1.80 bits per heavy atom. The van der Waals surface area contributed by atoms with Gasteiger partial charge < -0.3 is 5.32 Å². The molecule has 2 heterocycles. The van der Waals surface area contributed by atoms with Crippen LogP contribution in [0.5, 0.6) is 0 Å². The van der Waals surface area contributed by atoms with Gasteiger partial charge in [-0.2, -0.15) is 5.10 Å². The highest BCUT2D eigenvalue weighted by atomic mass is 35.5. The number of rotatable bonds is 2. The number of aromatic nitrogens is 2. The van der Waals surface area contributed by atoms with Crippen LogP contribution in [0.3, 0.4) is 0 Å². The molecule has 0 saturated carbocycles. The van der Waals surface area contributed by atoms with E-state index in [1.54, 1.807) is 0 Å². The second kappa shape index (κ2) is 5.64. The minimum Gasteiger partial charge on any atom is -0.369 e. The largest absolute Gasteiger partial charge is 0.369 e. The minimum atomic E-state index is 0.714. The lowest BCUT2D eigenvalue weighted by molar-refractivity contribution is 0.883. The van der Waals surface area contributed by atoms with Crippen molar-refractivity contribution in [2.75, 3.05) is 11.9 Å². The fraction of sp³-hybridized carbons (Fsp3) is 0.0952. The maximum atomic E-state index is 6.19. The zero-order valence-corrected chi connectivity index (χ0v) is 14.3. The van der Waals surface area contributed by atoms with Gasteiger partial charge in [0.25, 0.3) is 0 Å². The van der Waals surface area contributed by atoms with Gasteiger partial charge in [0.2, 0.25) is 0 Å². The summed E-state index contributed by atoms with van der Waals surface area (Å²) in [6, 6.07) is 22.7. The van der Waals surface area contributed by atoms with E-state index in [2.05, 4.69) is 47.8 Å². The minimum absolute atomic E-state index is 0.714. The molecule has 5 rings (SSSR count). The lowest BCUT2D eigenvalue weighted by atomic mass is 9.99. The van der Waals surface area contributed by atoms with Crippen molar-refractivity contribution in [1.82, 2.24) is 9.78 Å². The summed E-state index contributed by atoms with van der Waals surface area (Å²) in [5.41, 5.74) is 4.48. The third-order valence-electron chi connectivity index (χ3n) is 4.75. The highest BCUT2D eigenvalue weighted by Gasteiger charge is 2.24. The second-order valence-electron chi connectivity index (χ2n) is 6.27. The van der Waals surface area contributed by atoms with Gasteiger partial charge in [-0.25, -0.2) is 4.68 Å². The molecule has 4 aromatic rings. The summed E-state index contributed by atoms with van der Waals surface area (Å²) in [6.45, 7) is 0.936. The van der Waals surface area contributed by atoms with Crippen LogP contribution in [0.4, 0.5) is 5.82 Å². The van der Waals surface area contributed by atoms with Crippen LogP contribution < -0.4 is 5.32 Å². The molecule has 0 atom stereocenters. The molecule has 0 unspecified atom stereocenters. The second-order valence-corrected chi connectivity index (χ2v) is 6.71. The predicted octanol–water partition coefficient (Wildman–Crippen LogP) is 5.31. The summed E-state index contributed by atoms with van der Waals surface area (Å²) >= 11 is 6.19. The van der Waals surface area contributed by atoms with Gasteiger partial charge >= 0.3 is 0 Å². The fourth-order valence-corrected chi connectivity index (χ4v) is 3.80. The first kappa shape index (κ1) is 14.6. The number of hydrogen-bond acceptors (Lipinski definition) is 2. The summed E-state index contributed by atoms with van der Waals surface area (Å²) in [4.78, 5) is 0. The van der Waals surface area contributed by atoms with Gasteiger partial charge in [-0.3, -0.25) is 0 Å². The van der Waals surface area contributed by atoms with Gasteiger partial charge in [-0.1, -0.05) is 60.1 Å². The molecular weight excluding hydrogens is 330 g/mol. The Labute approximate surface area is 150 Å². The number of halogens is 1. The molecule has 0 aliphatic carbocycles. The quantitative estimate of drug-likeness (QED) is 0.533. The monoisotopic (exact) mass is 345 g/mol. The molecule has 0 spiro atoms. The van der Waals surface area contributed by atoms with E-state index in [0.29, 0.717) is 5.02 Å². The maximum Gasteiger partial charge on any atom is 0.133 e. The number of anilines is 1. The normalized spacial score (nSPS) is 13.0. The average Bonchev–Trinajstić information content (AvgIpc) is 3.24. The molecule has 0 amide bonds. The van der Waals surface area contributed by atoms with Crippen LogP contribution in [0.2, 0.25) is 5.02 Å². The third-order valence-corrected chi connectivity index (χ3v) is 4.98. The van der Waals surface area contributed by atoms with Gasteiger partial charge in [0.1, 0.15) is 5.82 Å². The zero-order valence-electron chi connectivity index (χ0n) is 13.5. The van der Waals surface area contributed by atoms with Crippen LogP contribution in [-0.4, -0.2) is 16.3 Å². The van der Waals surface area contributed by atoms with Crippen LogP contribution in [-0.2, 0) is 6.42 Å². The fourth-order valence-electron chi connectivity index (χ4n) is 3.62. The Bertz CT molecular complexity index is 1090. The SMILES string of the molecule is Clc1cccc(-n2nc(-c3cccc4ccccc34)c3c2NCC3)c1. The molecule has 1 aliphatic rings. The Kier molecular flexibility index (Phi) is 3.28. The lowest BCUT2D eigenvalue weighted by Crippen LogP contribution is -2.04. The van der Waals surface area contributed by atoms with Gasteiger partial charge in [-0.15, -0.1) is 0 Å². The molecule has 3 aromatic carbocycles. The van der Waals surface area contributed by atoms with Gasteiger partial charge in [0.15, 0.2) is 0 Å². The molecule has 1 aliphatic heterocycles. The smallest absolute Gasteiger partial charge is 0.133 e. The van der Waals surface area contributed by atoms with Crippen molar-refractivity contribution >= 4 is 28.2 Å². The summed E-state index contributed by atoms with van der Waals surface area (Å²) in [5, 5.41) is 11.6. The Hall–Kier alpha value is -2.78. The van der Waals surface area contributed by atoms with Crippen molar-refractivity contribution in [2.45, 2.75) is 6.42 Å². The number of benzene rings is 3. The summed E-state index contributed by atoms with van der Waals surface area (Å²) in [6.07, 6.45) is 0.981. The standard InChI is InChI=1S/C21H16ClN3/c22-15-7-4-8-16(13-15)25-21-19(11-12-23-21)20(24-25)18-10-3-6-14-5-1-2-9-17(14)18/h1-10,13,23H,11-12H2. The van der Waals surface area contributed by atoms with Crippen LogP contribution in [0.1, 0.15) is 5.56 Å². The van der Waals surface area contributed by atoms with Gasteiger partial charge in [0, 0.05) is 22.7 Å². The van der Waals surface area contributed by atoms with Crippen LogP contribution >= 0.6 is 11.6 Å². The molecule has 122 valence electrons. The first-order chi connectivity index (χ1) is 12.3. The van der Waals surface area contributed by atoms with Crippen molar-refractivity contribution in [3.05, 3.63) is 77.3 Å². The molecule has 0 bridgehead atoms. The van der Waals surface area contributed by atoms with Crippen molar-refractivity contribution in [1.29, 1.82) is 0 Å². The third kappa shape index (κ3) is 2.31. The molecule has 4 heteroatoms. The van der Waals surface area contributed by atoms with Crippen LogP contribution in [0.25, 0.3) is 27.7 Å². The topological polar surface area (TPSA) is 29.9 Å². The molecular formula is C21H16ClN3. The van der Waals surface area contributed by atoms with Gasteiger partial charge in [-0.05, 0) is 35.4 Å². The number of hydrogen-bond donors (Lipinski definition) is 1. The average molecular weight is 346 g/mol. The number of nitrogens with zero attached hydrogens (tertiary/aromatic N) is 2. The van der Waals surface area contributed by atoms with E-state index in [4.69, 9.17) is 16.7 Å². The van der Waals surface area contributed by atoms with E-state index in [0.717, 1.165) is 30.2 Å². The van der Waals surface area contributed by atoms with Crippen LogP contribution in [0, 0.1) is 0 Å². The molecule has 3 nitrogen and oxygen atoms in total. The summed E-state index contributed by atoms with van der Waals surface area (Å²) in [7, 11) is 0. The number of nitrogens with one attached hydrogen (secondary N) is 1. The molecule has 1 aromatic heterocycles. The van der Waals surface area contributed by atoms with E-state index in [9.17, 15) is 0 Å². The Balaban J connectivity index is 1.77. The van der Waals surface area contributed by atoms with Gasteiger partial charge in [0.05, 0.1) is 11.4 Å². The lowest BCUT2D eigenvalue weighted by Gasteiger charge is -2.07. The van der Waals surface area contributed by atoms with Crippen molar-refractivity contribution in [3.63, 3.8) is 0 Å². The summed E-state index contributed by atoms with van der Waals surface area (Å²) < 4.78 is 1.98. The maximum absolute atomic E-state index is 6.19. The zero-order chi connectivity index (χ0) is 16.8. The van der Waals surface area contributed by atoms with E-state index in [1.165, 1.54) is 21.9 Å². The molecule has 0 radical (unpaired) electrons. The first-order valence-electron chi connectivity index (χ1n) is 8.41. The predicted molar refractivity (Wildman–Crippen MR) is 104 cm³/mol. The van der Waals surface area contributed by atoms with Crippen LogP contribution in [0.15, 0.2) is 66.7 Å².